The van der Waals surface area contributed by atoms with E-state index >= 15 is 0 Å². The van der Waals surface area contributed by atoms with Crippen molar-refractivity contribution < 1.29 is 4.39 Å². The van der Waals surface area contributed by atoms with Gasteiger partial charge in [-0.25, -0.2) is 9.67 Å². The average molecular weight is 204 g/mol. The fourth-order valence-electron chi connectivity index (χ4n) is 0.639. The number of alkyl halides is 1. The maximum atomic E-state index is 12.5. The molecule has 1 rings (SSSR count). The number of hydrogen-bond acceptors (Lipinski definition) is 2. The zero-order chi connectivity index (χ0) is 9.90. The Morgan fingerprint density at radius 3 is 2.85 bits per heavy atom. The molecular weight excluding hydrogens is 193 g/mol. The molecule has 0 amide bonds. The van der Waals surface area contributed by atoms with Gasteiger partial charge in [-0.1, -0.05) is 25.4 Å². The normalized spacial score (nSPS) is 13.4. The fraction of sp³-hybridized carbons (Fsp3) is 0.500. The van der Waals surface area contributed by atoms with Crippen LogP contribution in [0.25, 0.3) is 6.20 Å². The summed E-state index contributed by atoms with van der Waals surface area (Å²) < 4.78 is 13.9. The van der Waals surface area contributed by atoms with E-state index in [4.69, 9.17) is 11.6 Å². The van der Waals surface area contributed by atoms with Crippen LogP contribution in [0.4, 0.5) is 4.39 Å². The fourth-order valence-corrected chi connectivity index (χ4v) is 0.789. The van der Waals surface area contributed by atoms with Gasteiger partial charge in [-0.2, -0.15) is 5.10 Å². The van der Waals surface area contributed by atoms with Crippen LogP contribution >= 0.6 is 11.6 Å². The van der Waals surface area contributed by atoms with Crippen LogP contribution in [0, 0.1) is 5.41 Å². The van der Waals surface area contributed by atoms with Crippen molar-refractivity contribution >= 4 is 17.8 Å². The molecule has 0 aliphatic carbocycles. The van der Waals surface area contributed by atoms with Crippen LogP contribution in [-0.4, -0.2) is 21.4 Å². The summed E-state index contributed by atoms with van der Waals surface area (Å²) in [6, 6.07) is 0. The molecule has 3 nitrogen and oxygen atoms in total. The number of hydrogen-bond donors (Lipinski definition) is 0. The van der Waals surface area contributed by atoms with Crippen molar-refractivity contribution in [2.24, 2.45) is 5.41 Å². The molecular formula is C8H11ClFN3. The molecule has 5 heteroatoms. The van der Waals surface area contributed by atoms with Crippen LogP contribution < -0.4 is 0 Å². The van der Waals surface area contributed by atoms with E-state index in [1.54, 1.807) is 20.0 Å². The first-order chi connectivity index (χ1) is 6.06. The van der Waals surface area contributed by atoms with E-state index in [0.29, 0.717) is 5.03 Å². The van der Waals surface area contributed by atoms with Gasteiger partial charge in [0.2, 0.25) is 0 Å². The monoisotopic (exact) mass is 203 g/mol. The van der Waals surface area contributed by atoms with E-state index in [2.05, 4.69) is 10.1 Å². The Balaban J connectivity index is 2.84. The van der Waals surface area contributed by atoms with Crippen molar-refractivity contribution in [1.29, 1.82) is 0 Å². The predicted molar refractivity (Wildman–Crippen MR) is 49.9 cm³/mol. The third-order valence-corrected chi connectivity index (χ3v) is 2.27. The van der Waals surface area contributed by atoms with Crippen molar-refractivity contribution in [2.45, 2.75) is 13.8 Å². The standard InChI is InChI=1S/C8H11ClFN3/c1-8(2,4-10)7(9)3-13-6-11-5-12-13/h3,5-6H,4H2,1-2H3. The largest absolute Gasteiger partial charge is 0.250 e. The van der Waals surface area contributed by atoms with E-state index in [-0.39, 0.29) is 0 Å². The van der Waals surface area contributed by atoms with Gasteiger partial charge in [0, 0.05) is 16.6 Å². The van der Waals surface area contributed by atoms with Crippen LogP contribution in [0.5, 0.6) is 0 Å². The maximum absolute atomic E-state index is 12.5. The highest BCUT2D eigenvalue weighted by Crippen LogP contribution is 2.30. The third-order valence-electron chi connectivity index (χ3n) is 1.66. The molecule has 1 aromatic rings. The van der Waals surface area contributed by atoms with E-state index in [1.807, 2.05) is 0 Å². The molecule has 0 aliphatic heterocycles. The van der Waals surface area contributed by atoms with E-state index in [9.17, 15) is 4.39 Å². The molecule has 13 heavy (non-hydrogen) atoms. The summed E-state index contributed by atoms with van der Waals surface area (Å²) in [6.45, 7) is 2.95. The Bertz CT molecular complexity index is 292. The van der Waals surface area contributed by atoms with Crippen LogP contribution in [0.15, 0.2) is 17.7 Å². The first kappa shape index (κ1) is 10.2. The Morgan fingerprint density at radius 2 is 2.38 bits per heavy atom. The van der Waals surface area contributed by atoms with Crippen molar-refractivity contribution in [3.8, 4) is 0 Å². The second-order valence-corrected chi connectivity index (χ2v) is 3.78. The van der Waals surface area contributed by atoms with Gasteiger partial charge in [0.25, 0.3) is 0 Å². The van der Waals surface area contributed by atoms with Gasteiger partial charge in [-0.3, -0.25) is 4.39 Å². The minimum absolute atomic E-state index is 0.417. The van der Waals surface area contributed by atoms with Crippen LogP contribution in [0.1, 0.15) is 13.8 Å². The van der Waals surface area contributed by atoms with E-state index < -0.39 is 12.1 Å². The highest BCUT2D eigenvalue weighted by molar-refractivity contribution is 6.31. The molecule has 0 fully saturated rings. The molecule has 72 valence electrons. The minimum atomic E-state index is -0.659. The molecule has 0 radical (unpaired) electrons. The zero-order valence-electron chi connectivity index (χ0n) is 7.54. The summed E-state index contributed by atoms with van der Waals surface area (Å²) in [7, 11) is 0. The molecule has 0 saturated carbocycles. The molecule has 1 aromatic heterocycles. The van der Waals surface area contributed by atoms with Crippen LogP contribution in [0.2, 0.25) is 0 Å². The summed E-state index contributed by atoms with van der Waals surface area (Å²) in [6.07, 6.45) is 4.44. The smallest absolute Gasteiger partial charge is 0.138 e. The highest BCUT2D eigenvalue weighted by Gasteiger charge is 2.21. The Kier molecular flexibility index (Phi) is 3.03. The molecule has 0 saturated heterocycles. The number of nitrogens with zero attached hydrogens (tertiary/aromatic N) is 3. The Morgan fingerprint density at radius 1 is 1.69 bits per heavy atom. The van der Waals surface area contributed by atoms with Gasteiger partial charge in [-0.05, 0) is 0 Å². The molecule has 0 spiro atoms. The zero-order valence-corrected chi connectivity index (χ0v) is 8.29. The molecule has 0 atom stereocenters. The second-order valence-electron chi connectivity index (χ2n) is 3.37. The summed E-state index contributed by atoms with van der Waals surface area (Å²) in [4.78, 5) is 3.74. The van der Waals surface area contributed by atoms with Gasteiger partial charge in [0.05, 0.1) is 6.67 Å². The lowest BCUT2D eigenvalue weighted by Gasteiger charge is -2.18. The highest BCUT2D eigenvalue weighted by atomic mass is 35.5. The number of aromatic nitrogens is 3. The summed E-state index contributed by atoms with van der Waals surface area (Å²) in [5, 5.41) is 4.24. The minimum Gasteiger partial charge on any atom is -0.250 e. The molecule has 0 aromatic carbocycles. The lowest BCUT2D eigenvalue weighted by Crippen LogP contribution is -2.14. The van der Waals surface area contributed by atoms with Gasteiger partial charge in [0.1, 0.15) is 12.7 Å². The van der Waals surface area contributed by atoms with Crippen LogP contribution in [-0.2, 0) is 0 Å². The summed E-state index contributed by atoms with van der Waals surface area (Å²) >= 11 is 5.90. The van der Waals surface area contributed by atoms with E-state index in [1.165, 1.54) is 17.3 Å². The van der Waals surface area contributed by atoms with Crippen LogP contribution in [0.3, 0.4) is 0 Å². The SMILES string of the molecule is CC(C)(CF)C(Cl)=Cn1cncn1. The Labute approximate surface area is 81.2 Å². The van der Waals surface area contributed by atoms with Gasteiger partial charge >= 0.3 is 0 Å². The lowest BCUT2D eigenvalue weighted by atomic mass is 9.95. The van der Waals surface area contributed by atoms with Gasteiger partial charge in [0.15, 0.2) is 0 Å². The lowest BCUT2D eigenvalue weighted by molar-refractivity contribution is 0.317. The van der Waals surface area contributed by atoms with Crippen molar-refractivity contribution in [2.75, 3.05) is 6.67 Å². The van der Waals surface area contributed by atoms with E-state index in [0.717, 1.165) is 0 Å². The molecule has 0 N–H and O–H groups in total. The van der Waals surface area contributed by atoms with Gasteiger partial charge in [-0.15, -0.1) is 0 Å². The molecule has 0 bridgehead atoms. The van der Waals surface area contributed by atoms with Crippen molar-refractivity contribution in [3.63, 3.8) is 0 Å². The quantitative estimate of drug-likeness (QED) is 0.755. The third kappa shape index (κ3) is 2.52. The van der Waals surface area contributed by atoms with Crippen molar-refractivity contribution in [3.05, 3.63) is 17.7 Å². The molecule has 0 aliphatic rings. The second kappa shape index (κ2) is 3.87. The molecule has 0 unspecified atom stereocenters. The topological polar surface area (TPSA) is 30.7 Å². The summed E-state index contributed by atoms with van der Waals surface area (Å²) in [5.41, 5.74) is -0.659. The average Bonchev–Trinajstić information content (AvgIpc) is 2.57. The first-order valence-corrected chi connectivity index (χ1v) is 4.22. The predicted octanol–water partition coefficient (Wildman–Crippen LogP) is 2.31. The molecule has 1 heterocycles. The summed E-state index contributed by atoms with van der Waals surface area (Å²) in [5.74, 6) is 0. The Hall–Kier alpha value is -0.900. The van der Waals surface area contributed by atoms with Gasteiger partial charge < -0.3 is 0 Å². The number of rotatable bonds is 3. The first-order valence-electron chi connectivity index (χ1n) is 3.84. The number of halogens is 2. The van der Waals surface area contributed by atoms with Crippen molar-refractivity contribution in [1.82, 2.24) is 14.8 Å². The maximum Gasteiger partial charge on any atom is 0.138 e. The number of allylic oxidation sites excluding steroid dienone is 1.